The van der Waals surface area contributed by atoms with Crippen LogP contribution in [0.2, 0.25) is 0 Å². The normalized spacial score (nSPS) is 23.7. The molecule has 1 aliphatic heterocycles. The Morgan fingerprint density at radius 3 is 2.30 bits per heavy atom. The molecule has 136 valence electrons. The number of hydrogen-bond donors (Lipinski definition) is 2. The smallest absolute Gasteiger partial charge is 0.237 e. The third-order valence-electron chi connectivity index (χ3n) is 5.27. The Morgan fingerprint density at radius 2 is 1.78 bits per heavy atom. The highest BCUT2D eigenvalue weighted by molar-refractivity contribution is 5.85. The molecule has 0 radical (unpaired) electrons. The Labute approximate surface area is 147 Å². The van der Waals surface area contributed by atoms with Crippen LogP contribution in [0.4, 0.5) is 0 Å². The molecule has 3 N–H and O–H groups in total. The molecule has 5 nitrogen and oxygen atoms in total. The highest BCUT2D eigenvalue weighted by Gasteiger charge is 2.39. The fourth-order valence-corrected chi connectivity index (χ4v) is 3.61. The van der Waals surface area contributed by atoms with Crippen LogP contribution in [0.3, 0.4) is 0 Å². The summed E-state index contributed by atoms with van der Waals surface area (Å²) in [6.45, 7) is 10.3. The van der Waals surface area contributed by atoms with Crippen molar-refractivity contribution in [3.63, 3.8) is 0 Å². The average molecular weight is 348 g/mol. The number of morpholine rings is 1. The Balaban J connectivity index is 0.00000264. The fourth-order valence-electron chi connectivity index (χ4n) is 3.61. The van der Waals surface area contributed by atoms with Crippen LogP contribution in [0.15, 0.2) is 0 Å². The summed E-state index contributed by atoms with van der Waals surface area (Å²) >= 11 is 0. The molecule has 0 aromatic heterocycles. The summed E-state index contributed by atoms with van der Waals surface area (Å²) in [5.74, 6) is -0.0225. The molecule has 0 aromatic carbocycles. The van der Waals surface area contributed by atoms with Gasteiger partial charge in [0.2, 0.25) is 5.91 Å². The van der Waals surface area contributed by atoms with E-state index in [1.807, 2.05) is 20.8 Å². The van der Waals surface area contributed by atoms with E-state index in [0.717, 1.165) is 45.7 Å². The summed E-state index contributed by atoms with van der Waals surface area (Å²) in [5.41, 5.74) is 5.99. The zero-order chi connectivity index (χ0) is 16.2. The minimum Gasteiger partial charge on any atom is -0.379 e. The third kappa shape index (κ3) is 5.31. The molecular formula is C17H34ClN3O2. The van der Waals surface area contributed by atoms with E-state index >= 15 is 0 Å². The van der Waals surface area contributed by atoms with Gasteiger partial charge in [0.1, 0.15) is 0 Å². The van der Waals surface area contributed by atoms with Crippen molar-refractivity contribution in [1.29, 1.82) is 0 Å². The molecular weight excluding hydrogens is 314 g/mol. The Kier molecular flexibility index (Phi) is 7.78. The quantitative estimate of drug-likeness (QED) is 0.815. The molecule has 6 heteroatoms. The number of nitrogens with zero attached hydrogens (tertiary/aromatic N) is 1. The second-order valence-corrected chi connectivity index (χ2v) is 7.95. The van der Waals surface area contributed by atoms with Gasteiger partial charge < -0.3 is 15.8 Å². The average Bonchev–Trinajstić information content (AvgIpc) is 2.53. The number of carbonyl (C=O) groups excluding carboxylic acids is 1. The van der Waals surface area contributed by atoms with Gasteiger partial charge in [-0.3, -0.25) is 9.69 Å². The highest BCUT2D eigenvalue weighted by Crippen LogP contribution is 2.34. The maximum Gasteiger partial charge on any atom is 0.237 e. The molecule has 23 heavy (non-hydrogen) atoms. The number of amides is 1. The van der Waals surface area contributed by atoms with Gasteiger partial charge >= 0.3 is 0 Å². The summed E-state index contributed by atoms with van der Waals surface area (Å²) in [4.78, 5) is 14.9. The molecule has 2 rings (SSSR count). The first-order chi connectivity index (χ1) is 10.4. The van der Waals surface area contributed by atoms with Gasteiger partial charge in [0, 0.05) is 25.2 Å². The molecule has 2 aliphatic rings. The molecule has 1 atom stereocenters. The largest absolute Gasteiger partial charge is 0.379 e. The summed E-state index contributed by atoms with van der Waals surface area (Å²) in [6, 6.07) is -0.460. The molecule has 1 amide bonds. The highest BCUT2D eigenvalue weighted by atomic mass is 35.5. The number of nitrogens with one attached hydrogen (secondary N) is 1. The lowest BCUT2D eigenvalue weighted by molar-refractivity contribution is -0.125. The van der Waals surface area contributed by atoms with Gasteiger partial charge in [-0.2, -0.15) is 0 Å². The van der Waals surface area contributed by atoms with Gasteiger partial charge in [-0.1, -0.05) is 40.0 Å². The number of nitrogens with two attached hydrogens (primary N) is 1. The van der Waals surface area contributed by atoms with E-state index < -0.39 is 6.04 Å². The number of halogens is 1. The van der Waals surface area contributed by atoms with Crippen molar-refractivity contribution in [3.8, 4) is 0 Å². The van der Waals surface area contributed by atoms with Crippen LogP contribution in [-0.2, 0) is 9.53 Å². The van der Waals surface area contributed by atoms with Gasteiger partial charge in [-0.05, 0) is 18.3 Å². The molecule has 2 fully saturated rings. The Morgan fingerprint density at radius 1 is 1.22 bits per heavy atom. The topological polar surface area (TPSA) is 67.6 Å². The first-order valence-corrected chi connectivity index (χ1v) is 8.71. The zero-order valence-electron chi connectivity index (χ0n) is 14.9. The van der Waals surface area contributed by atoms with Crippen LogP contribution in [0.1, 0.15) is 52.9 Å². The van der Waals surface area contributed by atoms with Crippen molar-refractivity contribution in [2.75, 3.05) is 32.8 Å². The van der Waals surface area contributed by atoms with Crippen LogP contribution < -0.4 is 11.1 Å². The number of rotatable bonds is 4. The molecule has 1 heterocycles. The van der Waals surface area contributed by atoms with Crippen LogP contribution in [0.25, 0.3) is 0 Å². The first kappa shape index (κ1) is 20.7. The predicted octanol–water partition coefficient (Wildman–Crippen LogP) is 1.93. The standard InChI is InChI=1S/C17H33N3O2.ClH/c1-16(2,3)14(18)15(21)19-13-17(7-5-4-6-8-17)20-9-11-22-12-10-20;/h14H,4-13,18H2,1-3H3,(H,19,21);1H/t14-;/m1./s1. The van der Waals surface area contributed by atoms with E-state index in [0.29, 0.717) is 0 Å². The minimum absolute atomic E-state index is 0. The van der Waals surface area contributed by atoms with Crippen molar-refractivity contribution < 1.29 is 9.53 Å². The van der Waals surface area contributed by atoms with E-state index in [-0.39, 0.29) is 29.3 Å². The van der Waals surface area contributed by atoms with Crippen molar-refractivity contribution in [1.82, 2.24) is 10.2 Å². The zero-order valence-corrected chi connectivity index (χ0v) is 15.7. The Hall–Kier alpha value is -0.360. The summed E-state index contributed by atoms with van der Waals surface area (Å²) in [7, 11) is 0. The molecule has 1 saturated carbocycles. The lowest BCUT2D eigenvalue weighted by Crippen LogP contribution is -2.61. The second kappa shape index (κ2) is 8.65. The molecule has 0 aromatic rings. The van der Waals surface area contributed by atoms with Crippen LogP contribution in [0, 0.1) is 5.41 Å². The monoisotopic (exact) mass is 347 g/mol. The number of carbonyl (C=O) groups is 1. The summed E-state index contributed by atoms with van der Waals surface area (Å²) in [6.07, 6.45) is 6.13. The van der Waals surface area contributed by atoms with Crippen molar-refractivity contribution in [2.45, 2.75) is 64.5 Å². The first-order valence-electron chi connectivity index (χ1n) is 8.71. The lowest BCUT2D eigenvalue weighted by Gasteiger charge is -2.48. The predicted molar refractivity (Wildman–Crippen MR) is 95.9 cm³/mol. The SMILES string of the molecule is CC(C)(C)[C@H](N)C(=O)NCC1(N2CCOCC2)CCCCC1.Cl. The number of hydrogen-bond acceptors (Lipinski definition) is 4. The Bertz CT molecular complexity index is 373. The third-order valence-corrected chi connectivity index (χ3v) is 5.27. The molecule has 0 spiro atoms. The van der Waals surface area contributed by atoms with Crippen LogP contribution in [-0.4, -0.2) is 55.2 Å². The van der Waals surface area contributed by atoms with Gasteiger partial charge in [0.05, 0.1) is 19.3 Å². The van der Waals surface area contributed by atoms with Crippen molar-refractivity contribution in [2.24, 2.45) is 11.1 Å². The van der Waals surface area contributed by atoms with Crippen molar-refractivity contribution in [3.05, 3.63) is 0 Å². The second-order valence-electron chi connectivity index (χ2n) is 7.95. The van der Waals surface area contributed by atoms with E-state index in [9.17, 15) is 4.79 Å². The van der Waals surface area contributed by atoms with E-state index in [4.69, 9.17) is 10.5 Å². The van der Waals surface area contributed by atoms with Gasteiger partial charge in [0.15, 0.2) is 0 Å². The van der Waals surface area contributed by atoms with E-state index in [1.165, 1.54) is 19.3 Å². The maximum absolute atomic E-state index is 12.4. The van der Waals surface area contributed by atoms with Gasteiger partial charge in [-0.15, -0.1) is 12.4 Å². The molecule has 0 unspecified atom stereocenters. The van der Waals surface area contributed by atoms with Gasteiger partial charge in [-0.25, -0.2) is 0 Å². The van der Waals surface area contributed by atoms with E-state index in [2.05, 4.69) is 10.2 Å². The van der Waals surface area contributed by atoms with Crippen LogP contribution >= 0.6 is 12.4 Å². The summed E-state index contributed by atoms with van der Waals surface area (Å²) in [5, 5.41) is 3.15. The fraction of sp³-hybridized carbons (Fsp3) is 0.941. The van der Waals surface area contributed by atoms with E-state index in [1.54, 1.807) is 0 Å². The molecule has 1 aliphatic carbocycles. The maximum atomic E-state index is 12.4. The van der Waals surface area contributed by atoms with Crippen molar-refractivity contribution >= 4 is 18.3 Å². The number of ether oxygens (including phenoxy) is 1. The lowest BCUT2D eigenvalue weighted by atomic mass is 9.79. The summed E-state index contributed by atoms with van der Waals surface area (Å²) < 4.78 is 5.50. The molecule has 1 saturated heterocycles. The van der Waals surface area contributed by atoms with Crippen LogP contribution in [0.5, 0.6) is 0 Å². The molecule has 0 bridgehead atoms. The van der Waals surface area contributed by atoms with Gasteiger partial charge in [0.25, 0.3) is 0 Å². The minimum atomic E-state index is -0.460.